The summed E-state index contributed by atoms with van der Waals surface area (Å²) in [4.78, 5) is 24.3. The molecule has 2 aliphatic rings. The molecule has 0 aliphatic carbocycles. The summed E-state index contributed by atoms with van der Waals surface area (Å²) < 4.78 is 22.8. The maximum atomic E-state index is 12.2. The van der Waals surface area contributed by atoms with Crippen LogP contribution in [-0.4, -0.2) is 49.4 Å². The average Bonchev–Trinajstić information content (AvgIpc) is 3.30. The molecule has 6 heteroatoms. The van der Waals surface area contributed by atoms with Crippen molar-refractivity contribution in [3.8, 4) is 0 Å². The summed E-state index contributed by atoms with van der Waals surface area (Å²) in [6, 6.07) is 18.2. The maximum absolute atomic E-state index is 12.2. The van der Waals surface area contributed by atoms with Gasteiger partial charge in [0.15, 0.2) is 6.10 Å². The van der Waals surface area contributed by atoms with Crippen LogP contribution in [0.1, 0.15) is 15.9 Å². The van der Waals surface area contributed by atoms with Crippen LogP contribution < -0.4 is 0 Å². The molecule has 0 saturated carbocycles. The minimum Gasteiger partial charge on any atom is -0.451 e. The lowest BCUT2D eigenvalue weighted by molar-refractivity contribution is -0.148. The summed E-state index contributed by atoms with van der Waals surface area (Å²) in [7, 11) is 0. The van der Waals surface area contributed by atoms with Crippen molar-refractivity contribution in [2.24, 2.45) is 0 Å². The van der Waals surface area contributed by atoms with Crippen LogP contribution in [0.2, 0.25) is 0 Å². The number of carbonyl (C=O) groups excluding carboxylic acids is 2. The monoisotopic (exact) mass is 368 g/mol. The molecule has 4 atom stereocenters. The largest absolute Gasteiger partial charge is 0.451 e. The molecule has 2 heterocycles. The normalized spacial score (nSPS) is 26.5. The number of Topliss-reactive ketones (excluding diaryl/α,β-unsaturated/α-hetero) is 1. The molecule has 0 N–H and O–H groups in total. The van der Waals surface area contributed by atoms with Gasteiger partial charge in [0.2, 0.25) is 0 Å². The van der Waals surface area contributed by atoms with E-state index in [1.54, 1.807) is 30.3 Å². The van der Waals surface area contributed by atoms with Crippen molar-refractivity contribution in [1.29, 1.82) is 0 Å². The predicted molar refractivity (Wildman–Crippen MR) is 95.2 cm³/mol. The standard InChI is InChI=1S/C21H20O6/c22-18(15-9-5-2-6-10-15)21(23)27-17-13-26-19-16(12-25-20(17)19)24-11-14-7-3-1-4-8-14/h1-10,16-17,19-20H,11-13H2/t16-,17+,19?,20?/m0/s1. The van der Waals surface area contributed by atoms with Gasteiger partial charge in [0.25, 0.3) is 5.78 Å². The third kappa shape index (κ3) is 3.93. The van der Waals surface area contributed by atoms with E-state index in [-0.39, 0.29) is 18.8 Å². The van der Waals surface area contributed by atoms with Crippen molar-refractivity contribution in [2.75, 3.05) is 13.2 Å². The van der Waals surface area contributed by atoms with Crippen molar-refractivity contribution in [1.82, 2.24) is 0 Å². The Kier molecular flexibility index (Phi) is 5.29. The molecule has 2 aromatic rings. The van der Waals surface area contributed by atoms with E-state index in [1.807, 2.05) is 30.3 Å². The lowest BCUT2D eigenvalue weighted by Gasteiger charge is -2.17. The van der Waals surface area contributed by atoms with Gasteiger partial charge >= 0.3 is 5.97 Å². The Morgan fingerprint density at radius 3 is 2.15 bits per heavy atom. The van der Waals surface area contributed by atoms with E-state index in [9.17, 15) is 9.59 Å². The van der Waals surface area contributed by atoms with Crippen LogP contribution >= 0.6 is 0 Å². The lowest BCUT2D eigenvalue weighted by atomic mass is 10.1. The molecule has 2 aromatic carbocycles. The molecule has 140 valence electrons. The fraction of sp³-hybridized carbons (Fsp3) is 0.333. The molecule has 2 unspecified atom stereocenters. The van der Waals surface area contributed by atoms with Crippen molar-refractivity contribution in [3.63, 3.8) is 0 Å². The lowest BCUT2D eigenvalue weighted by Crippen LogP contribution is -2.36. The second-order valence-electron chi connectivity index (χ2n) is 6.57. The number of carbonyl (C=O) groups is 2. The van der Waals surface area contributed by atoms with Crippen LogP contribution in [0.15, 0.2) is 60.7 Å². The zero-order valence-electron chi connectivity index (χ0n) is 14.7. The fourth-order valence-corrected chi connectivity index (χ4v) is 3.35. The summed E-state index contributed by atoms with van der Waals surface area (Å²) in [5, 5.41) is 0. The maximum Gasteiger partial charge on any atom is 0.380 e. The van der Waals surface area contributed by atoms with Crippen molar-refractivity contribution < 1.29 is 28.5 Å². The summed E-state index contributed by atoms with van der Waals surface area (Å²) in [5.74, 6) is -1.57. The second kappa shape index (κ2) is 8.00. The molecule has 2 fully saturated rings. The van der Waals surface area contributed by atoms with Gasteiger partial charge in [-0.2, -0.15) is 0 Å². The van der Waals surface area contributed by atoms with Gasteiger partial charge in [-0.15, -0.1) is 0 Å². The van der Waals surface area contributed by atoms with Gasteiger partial charge in [-0.25, -0.2) is 4.79 Å². The van der Waals surface area contributed by atoms with Gasteiger partial charge in [-0.1, -0.05) is 60.7 Å². The summed E-state index contributed by atoms with van der Waals surface area (Å²) in [6.45, 7) is 1.01. The minimum absolute atomic E-state index is 0.189. The molecule has 2 saturated heterocycles. The van der Waals surface area contributed by atoms with E-state index in [2.05, 4.69) is 0 Å². The first kappa shape index (κ1) is 17.9. The minimum atomic E-state index is -0.896. The zero-order chi connectivity index (χ0) is 18.6. The van der Waals surface area contributed by atoms with E-state index in [0.29, 0.717) is 18.8 Å². The van der Waals surface area contributed by atoms with Gasteiger partial charge in [-0.3, -0.25) is 4.79 Å². The van der Waals surface area contributed by atoms with Crippen molar-refractivity contribution >= 4 is 11.8 Å². The van der Waals surface area contributed by atoms with Crippen molar-refractivity contribution in [3.05, 3.63) is 71.8 Å². The third-order valence-corrected chi connectivity index (χ3v) is 4.75. The first-order valence-electron chi connectivity index (χ1n) is 8.91. The Hall–Kier alpha value is -2.54. The van der Waals surface area contributed by atoms with E-state index in [1.165, 1.54) is 0 Å². The summed E-state index contributed by atoms with van der Waals surface area (Å²) >= 11 is 0. The molecule has 2 aliphatic heterocycles. The first-order chi connectivity index (χ1) is 13.2. The van der Waals surface area contributed by atoms with Crippen LogP contribution in [-0.2, 0) is 30.3 Å². The number of hydrogen-bond donors (Lipinski definition) is 0. The highest BCUT2D eigenvalue weighted by Gasteiger charge is 2.50. The van der Waals surface area contributed by atoms with Gasteiger partial charge in [0, 0.05) is 5.56 Å². The van der Waals surface area contributed by atoms with Crippen LogP contribution in [0.3, 0.4) is 0 Å². The Balaban J connectivity index is 1.32. The van der Waals surface area contributed by atoms with Crippen molar-refractivity contribution in [2.45, 2.75) is 31.0 Å². The fourth-order valence-electron chi connectivity index (χ4n) is 3.35. The van der Waals surface area contributed by atoms with Gasteiger partial charge in [-0.05, 0) is 5.56 Å². The van der Waals surface area contributed by atoms with E-state index in [4.69, 9.17) is 18.9 Å². The smallest absolute Gasteiger partial charge is 0.380 e. The molecule has 0 aromatic heterocycles. The molecular weight excluding hydrogens is 348 g/mol. The quantitative estimate of drug-likeness (QED) is 0.442. The van der Waals surface area contributed by atoms with Gasteiger partial charge in [0.05, 0.1) is 19.8 Å². The number of ketones is 1. The number of rotatable bonds is 6. The van der Waals surface area contributed by atoms with E-state index >= 15 is 0 Å². The first-order valence-corrected chi connectivity index (χ1v) is 8.91. The highest BCUT2D eigenvalue weighted by Crippen LogP contribution is 2.31. The number of hydrogen-bond acceptors (Lipinski definition) is 6. The van der Waals surface area contributed by atoms with Crippen LogP contribution in [0.4, 0.5) is 0 Å². The molecule has 27 heavy (non-hydrogen) atoms. The number of ether oxygens (including phenoxy) is 4. The molecule has 0 radical (unpaired) electrons. The average molecular weight is 368 g/mol. The summed E-state index contributed by atoms with van der Waals surface area (Å²) in [6.07, 6.45) is -1.57. The molecule has 0 bridgehead atoms. The highest BCUT2D eigenvalue weighted by molar-refractivity contribution is 6.40. The molecule has 4 rings (SSSR count). The number of fused-ring (bicyclic) bond motifs is 1. The Morgan fingerprint density at radius 2 is 1.44 bits per heavy atom. The third-order valence-electron chi connectivity index (χ3n) is 4.75. The Bertz CT molecular complexity index is 791. The van der Waals surface area contributed by atoms with E-state index < -0.39 is 24.0 Å². The predicted octanol–water partition coefficient (Wildman–Crippen LogP) is 2.16. The number of esters is 1. The molecular formula is C21H20O6. The zero-order valence-corrected chi connectivity index (χ0v) is 14.7. The molecule has 6 nitrogen and oxygen atoms in total. The molecule has 0 spiro atoms. The summed E-state index contributed by atoms with van der Waals surface area (Å²) in [5.41, 5.74) is 1.37. The van der Waals surface area contributed by atoms with Crippen LogP contribution in [0, 0.1) is 0 Å². The number of benzene rings is 2. The Morgan fingerprint density at radius 1 is 0.852 bits per heavy atom. The Labute approximate surface area is 157 Å². The van der Waals surface area contributed by atoms with Crippen LogP contribution in [0.25, 0.3) is 0 Å². The van der Waals surface area contributed by atoms with Gasteiger partial charge in [0.1, 0.15) is 18.3 Å². The van der Waals surface area contributed by atoms with Crippen LogP contribution in [0.5, 0.6) is 0 Å². The van der Waals surface area contributed by atoms with Gasteiger partial charge < -0.3 is 18.9 Å². The van der Waals surface area contributed by atoms with E-state index in [0.717, 1.165) is 5.56 Å². The SMILES string of the molecule is O=C(O[C@@H]1COC2C1OC[C@@H]2OCc1ccccc1)C(=O)c1ccccc1. The molecule has 0 amide bonds. The topological polar surface area (TPSA) is 71.1 Å². The second-order valence-corrected chi connectivity index (χ2v) is 6.57. The highest BCUT2D eigenvalue weighted by atomic mass is 16.7.